The fourth-order valence-electron chi connectivity index (χ4n) is 4.33. The fraction of sp³-hybridized carbons (Fsp3) is 0.667. The normalized spacial score (nSPS) is 32.9. The van der Waals surface area contributed by atoms with E-state index in [1.54, 1.807) is 5.57 Å². The lowest BCUT2D eigenvalue weighted by Crippen LogP contribution is -2.31. The predicted octanol–water partition coefficient (Wildman–Crippen LogP) is 4.19. The van der Waals surface area contributed by atoms with Crippen molar-refractivity contribution < 1.29 is 0 Å². The Labute approximate surface area is 118 Å². The molecule has 0 N–H and O–H groups in total. The van der Waals surface area contributed by atoms with E-state index in [9.17, 15) is 0 Å². The standard InChI is InChI=1S/C18H27N/c1-19(2)12-6-11-17-15-8-5-7-14(13-15)16-9-3-4-10-18(16)17/h3-4,9-10,14-16H,5-8,11-13H2,1-2H3. The topological polar surface area (TPSA) is 3.24 Å². The Bertz CT molecular complexity index is 413. The van der Waals surface area contributed by atoms with E-state index < -0.39 is 0 Å². The number of hydrogen-bond donors (Lipinski definition) is 0. The van der Waals surface area contributed by atoms with Crippen LogP contribution in [-0.4, -0.2) is 25.5 Å². The minimum absolute atomic E-state index is 0.746. The van der Waals surface area contributed by atoms with Gasteiger partial charge in [0.25, 0.3) is 0 Å². The van der Waals surface area contributed by atoms with E-state index >= 15 is 0 Å². The highest BCUT2D eigenvalue weighted by atomic mass is 15.0. The molecule has 3 rings (SSSR count). The fourth-order valence-corrected chi connectivity index (χ4v) is 4.33. The lowest BCUT2D eigenvalue weighted by Gasteiger charge is -2.43. The first kappa shape index (κ1) is 13.2. The van der Waals surface area contributed by atoms with Crippen molar-refractivity contribution >= 4 is 0 Å². The number of hydrogen-bond acceptors (Lipinski definition) is 1. The number of nitrogens with zero attached hydrogens (tertiary/aromatic N) is 1. The SMILES string of the molecule is CN(C)CCCC1=C2C=CC=CC2C2CCCC1C2. The highest BCUT2D eigenvalue weighted by Gasteiger charge is 2.37. The molecule has 19 heavy (non-hydrogen) atoms. The quantitative estimate of drug-likeness (QED) is 0.730. The molecular formula is C18H27N. The van der Waals surface area contributed by atoms with Crippen LogP contribution in [0.15, 0.2) is 35.5 Å². The summed E-state index contributed by atoms with van der Waals surface area (Å²) in [5.74, 6) is 2.59. The van der Waals surface area contributed by atoms with E-state index in [4.69, 9.17) is 0 Å². The van der Waals surface area contributed by atoms with Gasteiger partial charge >= 0.3 is 0 Å². The van der Waals surface area contributed by atoms with Crippen molar-refractivity contribution in [3.63, 3.8) is 0 Å². The second-order valence-corrected chi connectivity index (χ2v) is 6.78. The molecule has 3 atom stereocenters. The Morgan fingerprint density at radius 1 is 1.21 bits per heavy atom. The van der Waals surface area contributed by atoms with Crippen molar-refractivity contribution in [2.45, 2.75) is 38.5 Å². The molecule has 0 saturated heterocycles. The van der Waals surface area contributed by atoms with Crippen molar-refractivity contribution in [3.8, 4) is 0 Å². The summed E-state index contributed by atoms with van der Waals surface area (Å²) in [6.07, 6.45) is 17.8. The zero-order chi connectivity index (χ0) is 13.2. The molecule has 1 fully saturated rings. The van der Waals surface area contributed by atoms with Crippen molar-refractivity contribution in [3.05, 3.63) is 35.5 Å². The van der Waals surface area contributed by atoms with Gasteiger partial charge in [-0.25, -0.2) is 0 Å². The molecule has 0 aromatic rings. The van der Waals surface area contributed by atoms with E-state index in [0.29, 0.717) is 0 Å². The summed E-state index contributed by atoms with van der Waals surface area (Å²) in [5.41, 5.74) is 3.51. The molecule has 3 aliphatic carbocycles. The van der Waals surface area contributed by atoms with E-state index in [0.717, 1.165) is 17.8 Å². The van der Waals surface area contributed by atoms with Gasteiger partial charge in [0.2, 0.25) is 0 Å². The van der Waals surface area contributed by atoms with Crippen LogP contribution in [0, 0.1) is 17.8 Å². The highest BCUT2D eigenvalue weighted by molar-refractivity contribution is 5.41. The molecule has 2 bridgehead atoms. The Balaban J connectivity index is 1.80. The first-order valence-corrected chi connectivity index (χ1v) is 7.98. The summed E-state index contributed by atoms with van der Waals surface area (Å²) < 4.78 is 0. The number of allylic oxidation sites excluding steroid dienone is 6. The zero-order valence-electron chi connectivity index (χ0n) is 12.4. The van der Waals surface area contributed by atoms with Crippen LogP contribution >= 0.6 is 0 Å². The molecule has 0 aromatic heterocycles. The monoisotopic (exact) mass is 257 g/mol. The van der Waals surface area contributed by atoms with Crippen LogP contribution in [0.4, 0.5) is 0 Å². The van der Waals surface area contributed by atoms with E-state index in [1.165, 1.54) is 45.1 Å². The third-order valence-corrected chi connectivity index (χ3v) is 5.20. The van der Waals surface area contributed by atoms with Gasteiger partial charge in [-0.3, -0.25) is 0 Å². The molecular weight excluding hydrogens is 230 g/mol. The summed E-state index contributed by atoms with van der Waals surface area (Å²) in [6.45, 7) is 1.22. The van der Waals surface area contributed by atoms with Crippen LogP contribution < -0.4 is 0 Å². The zero-order valence-corrected chi connectivity index (χ0v) is 12.4. The number of fused-ring (bicyclic) bond motifs is 4. The molecule has 0 aromatic carbocycles. The molecule has 3 unspecified atom stereocenters. The van der Waals surface area contributed by atoms with Crippen molar-refractivity contribution in [2.24, 2.45) is 17.8 Å². The van der Waals surface area contributed by atoms with Gasteiger partial charge in [0.05, 0.1) is 0 Å². The molecule has 3 aliphatic rings. The third-order valence-electron chi connectivity index (χ3n) is 5.20. The van der Waals surface area contributed by atoms with E-state index in [-0.39, 0.29) is 0 Å². The maximum absolute atomic E-state index is 2.47. The van der Waals surface area contributed by atoms with Crippen molar-refractivity contribution in [1.29, 1.82) is 0 Å². The lowest BCUT2D eigenvalue weighted by molar-refractivity contribution is 0.230. The van der Waals surface area contributed by atoms with Gasteiger partial charge in [-0.05, 0) is 70.2 Å². The average molecular weight is 257 g/mol. The van der Waals surface area contributed by atoms with Crippen LogP contribution in [0.1, 0.15) is 38.5 Å². The summed E-state index contributed by atoms with van der Waals surface area (Å²) in [6, 6.07) is 0. The lowest BCUT2D eigenvalue weighted by atomic mass is 9.62. The Morgan fingerprint density at radius 2 is 2.11 bits per heavy atom. The number of rotatable bonds is 4. The second kappa shape index (κ2) is 5.66. The Hall–Kier alpha value is -0.820. The van der Waals surface area contributed by atoms with Crippen LogP contribution in [0.25, 0.3) is 0 Å². The molecule has 1 nitrogen and oxygen atoms in total. The van der Waals surface area contributed by atoms with Crippen molar-refractivity contribution in [1.82, 2.24) is 4.90 Å². The molecule has 0 heterocycles. The van der Waals surface area contributed by atoms with Gasteiger partial charge in [0, 0.05) is 5.92 Å². The minimum atomic E-state index is 0.746. The molecule has 0 aliphatic heterocycles. The van der Waals surface area contributed by atoms with E-state index in [2.05, 4.69) is 43.3 Å². The summed E-state index contributed by atoms with van der Waals surface area (Å²) in [7, 11) is 4.36. The summed E-state index contributed by atoms with van der Waals surface area (Å²) in [5, 5.41) is 0. The Morgan fingerprint density at radius 3 is 2.95 bits per heavy atom. The maximum atomic E-state index is 2.47. The van der Waals surface area contributed by atoms with Crippen molar-refractivity contribution in [2.75, 3.05) is 20.6 Å². The Kier molecular flexibility index (Phi) is 3.93. The summed E-state index contributed by atoms with van der Waals surface area (Å²) >= 11 is 0. The molecule has 1 heteroatoms. The largest absolute Gasteiger partial charge is 0.309 e. The third kappa shape index (κ3) is 2.72. The van der Waals surface area contributed by atoms with Gasteiger partial charge in [-0.1, -0.05) is 36.3 Å². The molecule has 0 radical (unpaired) electrons. The van der Waals surface area contributed by atoms with Gasteiger partial charge in [-0.15, -0.1) is 0 Å². The summed E-state index contributed by atoms with van der Waals surface area (Å²) in [4.78, 5) is 2.31. The van der Waals surface area contributed by atoms with Gasteiger partial charge in [0.15, 0.2) is 0 Å². The van der Waals surface area contributed by atoms with Gasteiger partial charge < -0.3 is 4.90 Å². The first-order valence-electron chi connectivity index (χ1n) is 7.98. The molecule has 0 amide bonds. The second-order valence-electron chi connectivity index (χ2n) is 6.78. The van der Waals surface area contributed by atoms with Crippen LogP contribution in [-0.2, 0) is 0 Å². The van der Waals surface area contributed by atoms with Crippen LogP contribution in [0.3, 0.4) is 0 Å². The molecule has 104 valence electrons. The van der Waals surface area contributed by atoms with Gasteiger partial charge in [0.1, 0.15) is 0 Å². The van der Waals surface area contributed by atoms with Gasteiger partial charge in [-0.2, -0.15) is 0 Å². The predicted molar refractivity (Wildman–Crippen MR) is 82.0 cm³/mol. The minimum Gasteiger partial charge on any atom is -0.309 e. The highest BCUT2D eigenvalue weighted by Crippen LogP contribution is 2.49. The van der Waals surface area contributed by atoms with Crippen LogP contribution in [0.2, 0.25) is 0 Å². The molecule has 1 saturated carbocycles. The average Bonchev–Trinajstić information content (AvgIpc) is 2.43. The maximum Gasteiger partial charge on any atom is 0.00492 e. The van der Waals surface area contributed by atoms with Crippen LogP contribution in [0.5, 0.6) is 0 Å². The first-order chi connectivity index (χ1) is 9.25. The smallest absolute Gasteiger partial charge is 0.00492 e. The molecule has 0 spiro atoms. The van der Waals surface area contributed by atoms with E-state index in [1.807, 2.05) is 5.57 Å².